The van der Waals surface area contributed by atoms with Gasteiger partial charge in [-0.1, -0.05) is 35.4 Å². The number of halogens is 1. The van der Waals surface area contributed by atoms with E-state index in [1.54, 1.807) is 0 Å². The van der Waals surface area contributed by atoms with Crippen LogP contribution in [0.25, 0.3) is 5.57 Å². The van der Waals surface area contributed by atoms with Crippen molar-refractivity contribution < 1.29 is 9.59 Å². The number of imide groups is 1. The van der Waals surface area contributed by atoms with Gasteiger partial charge in [0.05, 0.1) is 11.3 Å². The molecule has 0 N–H and O–H groups in total. The third-order valence-corrected chi connectivity index (χ3v) is 5.61. The molecule has 27 heavy (non-hydrogen) atoms. The Bertz CT molecular complexity index is 957. The molecule has 1 fully saturated rings. The molecular formula is C22H21ClN2O2. The van der Waals surface area contributed by atoms with Gasteiger partial charge in [0.15, 0.2) is 0 Å². The molecule has 0 aromatic heterocycles. The topological polar surface area (TPSA) is 40.6 Å². The maximum atomic E-state index is 13.1. The highest BCUT2D eigenvalue weighted by Gasteiger charge is 2.39. The van der Waals surface area contributed by atoms with E-state index in [9.17, 15) is 9.59 Å². The number of anilines is 2. The molecule has 5 heteroatoms. The van der Waals surface area contributed by atoms with Crippen molar-refractivity contribution in [3.8, 4) is 0 Å². The fraction of sp³-hybridized carbons (Fsp3) is 0.273. The number of hydrogen-bond donors (Lipinski definition) is 0. The SMILES string of the molecule is Cc1ccc(C2=C(Cl)C(=O)N(c3ccc(N4CCCC4)cc3)C2=O)c(C)c1. The van der Waals surface area contributed by atoms with E-state index in [2.05, 4.69) is 4.90 Å². The van der Waals surface area contributed by atoms with Gasteiger partial charge in [-0.25, -0.2) is 4.90 Å². The van der Waals surface area contributed by atoms with Gasteiger partial charge in [0.2, 0.25) is 0 Å². The number of hydrogen-bond acceptors (Lipinski definition) is 3. The molecule has 2 aliphatic rings. The van der Waals surface area contributed by atoms with E-state index < -0.39 is 5.91 Å². The summed E-state index contributed by atoms with van der Waals surface area (Å²) in [5.74, 6) is -0.837. The molecule has 0 aliphatic carbocycles. The lowest BCUT2D eigenvalue weighted by atomic mass is 9.99. The summed E-state index contributed by atoms with van der Waals surface area (Å²) in [7, 11) is 0. The number of nitrogens with zero attached hydrogens (tertiary/aromatic N) is 2. The van der Waals surface area contributed by atoms with Gasteiger partial charge >= 0.3 is 0 Å². The van der Waals surface area contributed by atoms with E-state index in [1.807, 2.05) is 56.3 Å². The Kier molecular flexibility index (Phi) is 4.52. The van der Waals surface area contributed by atoms with Crippen LogP contribution >= 0.6 is 11.6 Å². The number of carbonyl (C=O) groups excluding carboxylic acids is 2. The van der Waals surface area contributed by atoms with Crippen LogP contribution in [0.15, 0.2) is 47.5 Å². The summed E-state index contributed by atoms with van der Waals surface area (Å²) in [6, 6.07) is 13.3. The van der Waals surface area contributed by atoms with Gasteiger partial charge in [-0.15, -0.1) is 0 Å². The van der Waals surface area contributed by atoms with Crippen LogP contribution in [-0.2, 0) is 9.59 Å². The molecule has 2 amide bonds. The first kappa shape index (κ1) is 17.8. The second-order valence-electron chi connectivity index (χ2n) is 7.16. The lowest BCUT2D eigenvalue weighted by Crippen LogP contribution is -2.31. The van der Waals surface area contributed by atoms with Crippen molar-refractivity contribution in [2.24, 2.45) is 0 Å². The summed E-state index contributed by atoms with van der Waals surface area (Å²) in [6.45, 7) is 6.00. The third kappa shape index (κ3) is 3.04. The summed E-state index contributed by atoms with van der Waals surface area (Å²) < 4.78 is 0. The van der Waals surface area contributed by atoms with Gasteiger partial charge in [0.1, 0.15) is 5.03 Å². The number of benzene rings is 2. The second-order valence-corrected chi connectivity index (χ2v) is 7.54. The molecule has 1 saturated heterocycles. The quantitative estimate of drug-likeness (QED) is 0.740. The van der Waals surface area contributed by atoms with Crippen LogP contribution in [0.4, 0.5) is 11.4 Å². The lowest BCUT2D eigenvalue weighted by Gasteiger charge is -2.20. The predicted octanol–water partition coefficient (Wildman–Crippen LogP) is 4.43. The number of aryl methyl sites for hydroxylation is 2. The molecule has 0 saturated carbocycles. The molecule has 138 valence electrons. The normalized spacial score (nSPS) is 17.4. The Morgan fingerprint density at radius 1 is 0.852 bits per heavy atom. The first-order valence-electron chi connectivity index (χ1n) is 9.18. The predicted molar refractivity (Wildman–Crippen MR) is 109 cm³/mol. The largest absolute Gasteiger partial charge is 0.372 e. The van der Waals surface area contributed by atoms with Crippen molar-refractivity contribution >= 4 is 40.4 Å². The van der Waals surface area contributed by atoms with Gasteiger partial charge in [-0.2, -0.15) is 0 Å². The lowest BCUT2D eigenvalue weighted by molar-refractivity contribution is -0.119. The summed E-state index contributed by atoms with van der Waals surface area (Å²) in [5.41, 5.74) is 4.67. The van der Waals surface area contributed by atoms with Crippen LogP contribution in [0.1, 0.15) is 29.5 Å². The molecule has 2 aliphatic heterocycles. The van der Waals surface area contributed by atoms with Gasteiger partial charge < -0.3 is 4.90 Å². The molecule has 0 radical (unpaired) electrons. The second kappa shape index (κ2) is 6.86. The van der Waals surface area contributed by atoms with E-state index in [0.717, 1.165) is 29.9 Å². The van der Waals surface area contributed by atoms with E-state index >= 15 is 0 Å². The third-order valence-electron chi connectivity index (χ3n) is 5.26. The Hall–Kier alpha value is -2.59. The van der Waals surface area contributed by atoms with Crippen LogP contribution in [0.5, 0.6) is 0 Å². The molecule has 0 atom stereocenters. The Morgan fingerprint density at radius 3 is 2.11 bits per heavy atom. The van der Waals surface area contributed by atoms with Gasteiger partial charge in [-0.05, 0) is 62.1 Å². The monoisotopic (exact) mass is 380 g/mol. The highest BCUT2D eigenvalue weighted by Crippen LogP contribution is 2.36. The van der Waals surface area contributed by atoms with E-state index in [0.29, 0.717) is 11.3 Å². The van der Waals surface area contributed by atoms with Crippen molar-refractivity contribution in [3.05, 3.63) is 64.2 Å². The van der Waals surface area contributed by atoms with E-state index in [4.69, 9.17) is 11.6 Å². The van der Waals surface area contributed by atoms with Crippen molar-refractivity contribution in [2.45, 2.75) is 26.7 Å². The maximum Gasteiger partial charge on any atom is 0.277 e. The van der Waals surface area contributed by atoms with Crippen molar-refractivity contribution in [1.82, 2.24) is 0 Å². The zero-order chi connectivity index (χ0) is 19.1. The highest BCUT2D eigenvalue weighted by atomic mass is 35.5. The fourth-order valence-electron chi connectivity index (χ4n) is 3.85. The molecular weight excluding hydrogens is 360 g/mol. The van der Waals surface area contributed by atoms with Crippen LogP contribution in [0.3, 0.4) is 0 Å². The van der Waals surface area contributed by atoms with Gasteiger partial charge in [0.25, 0.3) is 11.8 Å². The average molecular weight is 381 g/mol. The molecule has 0 spiro atoms. The van der Waals surface area contributed by atoms with E-state index in [1.165, 1.54) is 17.7 Å². The number of rotatable bonds is 3. The van der Waals surface area contributed by atoms with Crippen LogP contribution in [-0.4, -0.2) is 24.9 Å². The molecule has 2 heterocycles. The van der Waals surface area contributed by atoms with Crippen molar-refractivity contribution in [1.29, 1.82) is 0 Å². The summed E-state index contributed by atoms with van der Waals surface area (Å²) in [4.78, 5) is 29.3. The minimum Gasteiger partial charge on any atom is -0.372 e. The Labute approximate surface area is 164 Å². The van der Waals surface area contributed by atoms with Gasteiger partial charge in [0, 0.05) is 18.8 Å². The van der Waals surface area contributed by atoms with Crippen LogP contribution < -0.4 is 9.80 Å². The fourth-order valence-corrected chi connectivity index (χ4v) is 4.12. The molecule has 2 aromatic carbocycles. The highest BCUT2D eigenvalue weighted by molar-refractivity contribution is 6.60. The Balaban J connectivity index is 1.66. The smallest absolute Gasteiger partial charge is 0.277 e. The minimum absolute atomic E-state index is 0.0180. The molecule has 4 rings (SSSR count). The first-order chi connectivity index (χ1) is 13.0. The van der Waals surface area contributed by atoms with Crippen LogP contribution in [0, 0.1) is 13.8 Å². The minimum atomic E-state index is -0.467. The van der Waals surface area contributed by atoms with Gasteiger partial charge in [-0.3, -0.25) is 9.59 Å². The zero-order valence-electron chi connectivity index (χ0n) is 15.5. The Morgan fingerprint density at radius 2 is 1.48 bits per heavy atom. The molecule has 2 aromatic rings. The zero-order valence-corrected chi connectivity index (χ0v) is 16.2. The number of amides is 2. The van der Waals surface area contributed by atoms with Crippen LogP contribution in [0.2, 0.25) is 0 Å². The van der Waals surface area contributed by atoms with Crippen molar-refractivity contribution in [2.75, 3.05) is 22.9 Å². The first-order valence-corrected chi connectivity index (χ1v) is 9.56. The average Bonchev–Trinajstić information content (AvgIpc) is 3.25. The standard InChI is InChI=1S/C22H21ClN2O2/c1-14-5-10-18(15(2)13-14)19-20(23)22(27)25(21(19)26)17-8-6-16(7-9-17)24-11-3-4-12-24/h5-10,13H,3-4,11-12H2,1-2H3. The summed E-state index contributed by atoms with van der Waals surface area (Å²) >= 11 is 6.31. The van der Waals surface area contributed by atoms with E-state index in [-0.39, 0.29) is 16.5 Å². The summed E-state index contributed by atoms with van der Waals surface area (Å²) in [6.07, 6.45) is 2.40. The van der Waals surface area contributed by atoms with Crippen molar-refractivity contribution in [3.63, 3.8) is 0 Å². The molecule has 0 unspecified atom stereocenters. The molecule has 4 nitrogen and oxygen atoms in total. The maximum absolute atomic E-state index is 13.1. The summed E-state index contributed by atoms with van der Waals surface area (Å²) in [5, 5.41) is -0.0180. The number of carbonyl (C=O) groups is 2. The molecule has 0 bridgehead atoms.